The molecule has 1 N–H and O–H groups in total. The number of rotatable bonds is 5. The molecule has 4 nitrogen and oxygen atoms in total. The van der Waals surface area contributed by atoms with Crippen LogP contribution in [-0.2, 0) is 16.0 Å². The zero-order valence-corrected chi connectivity index (χ0v) is 10.8. The molecule has 98 valence electrons. The third-order valence-corrected chi connectivity index (χ3v) is 3.17. The van der Waals surface area contributed by atoms with Crippen molar-refractivity contribution >= 4 is 5.91 Å². The molecule has 1 aliphatic heterocycles. The van der Waals surface area contributed by atoms with E-state index in [4.69, 9.17) is 9.47 Å². The van der Waals surface area contributed by atoms with Gasteiger partial charge in [0.1, 0.15) is 18.0 Å². The van der Waals surface area contributed by atoms with E-state index >= 15 is 0 Å². The fraction of sp³-hybridized carbons (Fsp3) is 0.500. The predicted molar refractivity (Wildman–Crippen MR) is 68.7 cm³/mol. The Kier molecular flexibility index (Phi) is 4.20. The van der Waals surface area contributed by atoms with Gasteiger partial charge in [-0.3, -0.25) is 4.79 Å². The molecule has 1 heterocycles. The van der Waals surface area contributed by atoms with Crippen LogP contribution >= 0.6 is 0 Å². The van der Waals surface area contributed by atoms with E-state index in [-0.39, 0.29) is 18.1 Å². The number of fused-ring (bicyclic) bond motifs is 1. The Bertz CT molecular complexity index is 390. The number of ether oxygens (including phenoxy) is 2. The molecule has 0 saturated carbocycles. The maximum absolute atomic E-state index is 11.7. The van der Waals surface area contributed by atoms with Crippen molar-refractivity contribution in [1.82, 2.24) is 5.32 Å². The van der Waals surface area contributed by atoms with Gasteiger partial charge in [0, 0.05) is 13.5 Å². The maximum Gasteiger partial charge on any atom is 0.249 e. The minimum atomic E-state index is -0.367. The molecule has 0 fully saturated rings. The molecule has 1 aromatic rings. The Balaban J connectivity index is 1.82. The first kappa shape index (κ1) is 12.9. The Morgan fingerprint density at radius 3 is 3.00 bits per heavy atom. The van der Waals surface area contributed by atoms with E-state index in [1.54, 1.807) is 7.11 Å². The number of hydrogen-bond acceptors (Lipinski definition) is 3. The maximum atomic E-state index is 11.7. The molecule has 1 aliphatic rings. The van der Waals surface area contributed by atoms with Gasteiger partial charge in [0.2, 0.25) is 5.91 Å². The van der Waals surface area contributed by atoms with Gasteiger partial charge in [-0.15, -0.1) is 0 Å². The molecule has 0 radical (unpaired) electrons. The third-order valence-electron chi connectivity index (χ3n) is 3.17. The van der Waals surface area contributed by atoms with Crippen LogP contribution in [0.4, 0.5) is 0 Å². The SMILES string of the molecule is CCC(OC)C(=O)NCC1Cc2ccccc2O1. The van der Waals surface area contributed by atoms with Crippen molar-refractivity contribution in [3.05, 3.63) is 29.8 Å². The van der Waals surface area contributed by atoms with Crippen LogP contribution in [0.2, 0.25) is 0 Å². The van der Waals surface area contributed by atoms with Crippen molar-refractivity contribution in [2.45, 2.75) is 32.0 Å². The zero-order chi connectivity index (χ0) is 13.0. The summed E-state index contributed by atoms with van der Waals surface area (Å²) < 4.78 is 10.8. The standard InChI is InChI=1S/C14H19NO3/c1-3-12(17-2)14(16)15-9-11-8-10-6-4-5-7-13(10)18-11/h4-7,11-12H,3,8-9H2,1-2H3,(H,15,16). The molecule has 2 atom stereocenters. The van der Waals surface area contributed by atoms with Gasteiger partial charge in [-0.2, -0.15) is 0 Å². The molecule has 0 saturated heterocycles. The van der Waals surface area contributed by atoms with Crippen LogP contribution in [0.5, 0.6) is 5.75 Å². The fourth-order valence-electron chi connectivity index (χ4n) is 2.16. The smallest absolute Gasteiger partial charge is 0.249 e. The largest absolute Gasteiger partial charge is 0.488 e. The average Bonchev–Trinajstić information content (AvgIpc) is 2.80. The van der Waals surface area contributed by atoms with Gasteiger partial charge in [0.25, 0.3) is 0 Å². The van der Waals surface area contributed by atoms with E-state index < -0.39 is 0 Å². The molecule has 0 spiro atoms. The van der Waals surface area contributed by atoms with E-state index in [2.05, 4.69) is 11.4 Å². The summed E-state index contributed by atoms with van der Waals surface area (Å²) in [5.41, 5.74) is 1.20. The lowest BCUT2D eigenvalue weighted by atomic mass is 10.1. The highest BCUT2D eigenvalue weighted by atomic mass is 16.5. The van der Waals surface area contributed by atoms with Crippen LogP contribution in [0.25, 0.3) is 0 Å². The normalized spacial score (nSPS) is 18.9. The van der Waals surface area contributed by atoms with Crippen LogP contribution in [0.1, 0.15) is 18.9 Å². The molecule has 2 rings (SSSR count). The lowest BCUT2D eigenvalue weighted by molar-refractivity contribution is -0.131. The van der Waals surface area contributed by atoms with E-state index in [1.807, 2.05) is 25.1 Å². The molecule has 1 aromatic carbocycles. The van der Waals surface area contributed by atoms with Gasteiger partial charge in [0.15, 0.2) is 0 Å². The summed E-state index contributed by atoms with van der Waals surface area (Å²) in [6.45, 7) is 2.45. The summed E-state index contributed by atoms with van der Waals surface area (Å²) in [6, 6.07) is 7.97. The monoisotopic (exact) mass is 249 g/mol. The number of carbonyl (C=O) groups excluding carboxylic acids is 1. The van der Waals surface area contributed by atoms with Crippen molar-refractivity contribution in [3.8, 4) is 5.75 Å². The Labute approximate surface area is 107 Å². The number of carbonyl (C=O) groups is 1. The highest BCUT2D eigenvalue weighted by molar-refractivity contribution is 5.80. The first-order chi connectivity index (χ1) is 8.74. The minimum absolute atomic E-state index is 0.0284. The Morgan fingerprint density at radius 1 is 1.56 bits per heavy atom. The highest BCUT2D eigenvalue weighted by Crippen LogP contribution is 2.27. The third kappa shape index (κ3) is 2.82. The molecule has 4 heteroatoms. The van der Waals surface area contributed by atoms with E-state index in [0.29, 0.717) is 13.0 Å². The van der Waals surface area contributed by atoms with Crippen molar-refractivity contribution in [2.24, 2.45) is 0 Å². The van der Waals surface area contributed by atoms with Crippen molar-refractivity contribution < 1.29 is 14.3 Å². The van der Waals surface area contributed by atoms with Crippen LogP contribution in [0.3, 0.4) is 0 Å². The average molecular weight is 249 g/mol. The van der Waals surface area contributed by atoms with E-state index in [9.17, 15) is 4.79 Å². The van der Waals surface area contributed by atoms with Crippen LogP contribution in [0.15, 0.2) is 24.3 Å². The molecule has 2 unspecified atom stereocenters. The molecule has 0 bridgehead atoms. The summed E-state index contributed by atoms with van der Waals surface area (Å²) in [7, 11) is 1.55. The second-order valence-electron chi connectivity index (χ2n) is 4.43. The van der Waals surface area contributed by atoms with E-state index in [0.717, 1.165) is 12.2 Å². The number of para-hydroxylation sites is 1. The van der Waals surface area contributed by atoms with Gasteiger partial charge < -0.3 is 14.8 Å². The van der Waals surface area contributed by atoms with Gasteiger partial charge in [-0.05, 0) is 18.1 Å². The summed E-state index contributed by atoms with van der Waals surface area (Å²) in [5.74, 6) is 0.857. The molecule has 18 heavy (non-hydrogen) atoms. The summed E-state index contributed by atoms with van der Waals surface area (Å²) >= 11 is 0. The molecule has 0 aromatic heterocycles. The topological polar surface area (TPSA) is 47.6 Å². The van der Waals surface area contributed by atoms with Gasteiger partial charge in [-0.25, -0.2) is 0 Å². The number of nitrogens with one attached hydrogen (secondary N) is 1. The van der Waals surface area contributed by atoms with Crippen molar-refractivity contribution in [1.29, 1.82) is 0 Å². The van der Waals surface area contributed by atoms with Gasteiger partial charge in [-0.1, -0.05) is 25.1 Å². The predicted octanol–water partition coefficient (Wildman–Crippen LogP) is 1.53. The molecule has 0 aliphatic carbocycles. The number of hydrogen-bond donors (Lipinski definition) is 1. The number of methoxy groups -OCH3 is 1. The summed E-state index contributed by atoms with van der Waals surface area (Å²) in [4.78, 5) is 11.7. The number of benzene rings is 1. The molecular formula is C14H19NO3. The van der Waals surface area contributed by atoms with Gasteiger partial charge >= 0.3 is 0 Å². The van der Waals surface area contributed by atoms with Crippen LogP contribution in [-0.4, -0.2) is 31.8 Å². The fourth-order valence-corrected chi connectivity index (χ4v) is 2.16. The van der Waals surface area contributed by atoms with Crippen LogP contribution in [0, 0.1) is 0 Å². The highest BCUT2D eigenvalue weighted by Gasteiger charge is 2.24. The second-order valence-corrected chi connectivity index (χ2v) is 4.43. The first-order valence-corrected chi connectivity index (χ1v) is 6.29. The van der Waals surface area contributed by atoms with E-state index in [1.165, 1.54) is 5.56 Å². The summed E-state index contributed by atoms with van der Waals surface area (Å²) in [5, 5.41) is 2.87. The molecular weight excluding hydrogens is 230 g/mol. The Morgan fingerprint density at radius 2 is 2.33 bits per heavy atom. The first-order valence-electron chi connectivity index (χ1n) is 6.29. The van der Waals surface area contributed by atoms with Crippen molar-refractivity contribution in [3.63, 3.8) is 0 Å². The lowest BCUT2D eigenvalue weighted by Crippen LogP contribution is -2.40. The summed E-state index contributed by atoms with van der Waals surface area (Å²) in [6.07, 6.45) is 1.18. The quantitative estimate of drug-likeness (QED) is 0.861. The van der Waals surface area contributed by atoms with Crippen molar-refractivity contribution in [2.75, 3.05) is 13.7 Å². The van der Waals surface area contributed by atoms with Gasteiger partial charge in [0.05, 0.1) is 6.54 Å². The lowest BCUT2D eigenvalue weighted by Gasteiger charge is -2.16. The zero-order valence-electron chi connectivity index (χ0n) is 10.8. The number of amides is 1. The van der Waals surface area contributed by atoms with Crippen LogP contribution < -0.4 is 10.1 Å². The minimum Gasteiger partial charge on any atom is -0.488 e. The Hall–Kier alpha value is -1.55. The molecule has 1 amide bonds. The second kappa shape index (κ2) is 5.87.